The van der Waals surface area contributed by atoms with Crippen LogP contribution in [0.2, 0.25) is 0 Å². The summed E-state index contributed by atoms with van der Waals surface area (Å²) in [6.07, 6.45) is 5.29. The highest BCUT2D eigenvalue weighted by Gasteiger charge is 2.30. The van der Waals surface area contributed by atoms with Crippen LogP contribution in [0.1, 0.15) is 45.1 Å². The van der Waals surface area contributed by atoms with Gasteiger partial charge in [0.25, 0.3) is 0 Å². The van der Waals surface area contributed by atoms with Crippen LogP contribution in [0.4, 0.5) is 0 Å². The van der Waals surface area contributed by atoms with Crippen molar-refractivity contribution in [3.63, 3.8) is 0 Å². The molecule has 2 heteroatoms. The van der Waals surface area contributed by atoms with Crippen molar-refractivity contribution in [2.45, 2.75) is 46.1 Å². The van der Waals surface area contributed by atoms with Gasteiger partial charge in [-0.1, -0.05) is 38.8 Å². The Labute approximate surface area is 111 Å². The zero-order chi connectivity index (χ0) is 13.0. The molecule has 0 aromatic heterocycles. The molecule has 0 radical (unpaired) electrons. The minimum atomic E-state index is 0.355. The average Bonchev–Trinajstić information content (AvgIpc) is 2.43. The number of benzene rings is 1. The molecule has 0 spiro atoms. The highest BCUT2D eigenvalue weighted by atomic mass is 16.3. The molecule has 0 atom stereocenters. The van der Waals surface area contributed by atoms with E-state index in [4.69, 9.17) is 0 Å². The van der Waals surface area contributed by atoms with Gasteiger partial charge in [0.05, 0.1) is 0 Å². The van der Waals surface area contributed by atoms with Gasteiger partial charge in [-0.05, 0) is 49.0 Å². The van der Waals surface area contributed by atoms with Crippen LogP contribution in [-0.4, -0.2) is 23.1 Å². The zero-order valence-electron chi connectivity index (χ0n) is 11.7. The molecule has 0 unspecified atom stereocenters. The Kier molecular flexibility index (Phi) is 4.28. The van der Waals surface area contributed by atoms with Gasteiger partial charge in [-0.3, -0.25) is 4.90 Å². The molecule has 0 amide bonds. The van der Waals surface area contributed by atoms with Gasteiger partial charge in [-0.15, -0.1) is 0 Å². The third-order valence-electron chi connectivity index (χ3n) is 4.76. The summed E-state index contributed by atoms with van der Waals surface area (Å²) in [6, 6.07) is 7.61. The fourth-order valence-electron chi connectivity index (χ4n) is 3.00. The molecule has 1 heterocycles. The van der Waals surface area contributed by atoms with Crippen LogP contribution in [0.15, 0.2) is 24.3 Å². The molecule has 1 aliphatic rings. The SMILES string of the molecule is CCC1(CC)CCN(Cc2ccc(O)cc2)CC1. The second-order valence-corrected chi connectivity index (χ2v) is 5.65. The lowest BCUT2D eigenvalue weighted by molar-refractivity contribution is 0.0909. The fraction of sp³-hybridized carbons (Fsp3) is 0.625. The molecule has 100 valence electrons. The lowest BCUT2D eigenvalue weighted by Crippen LogP contribution is -2.39. The second kappa shape index (κ2) is 5.75. The van der Waals surface area contributed by atoms with Crippen molar-refractivity contribution < 1.29 is 5.11 Å². The van der Waals surface area contributed by atoms with Gasteiger partial charge in [0.2, 0.25) is 0 Å². The maximum absolute atomic E-state index is 9.28. The van der Waals surface area contributed by atoms with Crippen LogP contribution in [0.25, 0.3) is 0 Å². The molecule has 0 bridgehead atoms. The van der Waals surface area contributed by atoms with Gasteiger partial charge in [-0.2, -0.15) is 0 Å². The predicted octanol–water partition coefficient (Wildman–Crippen LogP) is 3.79. The molecular weight excluding hydrogens is 222 g/mol. The van der Waals surface area contributed by atoms with Crippen molar-refractivity contribution in [2.24, 2.45) is 5.41 Å². The Balaban J connectivity index is 1.88. The molecular formula is C16H25NO. The van der Waals surface area contributed by atoms with E-state index < -0.39 is 0 Å². The summed E-state index contributed by atoms with van der Waals surface area (Å²) in [5.74, 6) is 0.355. The number of likely N-dealkylation sites (tertiary alicyclic amines) is 1. The standard InChI is InChI=1S/C16H25NO/c1-3-16(4-2)9-11-17(12-10-16)13-14-5-7-15(18)8-6-14/h5-8,18H,3-4,9-13H2,1-2H3. The first-order valence-electron chi connectivity index (χ1n) is 7.18. The molecule has 0 saturated carbocycles. The first-order chi connectivity index (χ1) is 8.67. The highest BCUT2D eigenvalue weighted by Crippen LogP contribution is 2.38. The normalized spacial score (nSPS) is 19.9. The van der Waals surface area contributed by atoms with E-state index in [0.29, 0.717) is 11.2 Å². The Morgan fingerprint density at radius 2 is 1.61 bits per heavy atom. The number of phenols is 1. The fourth-order valence-corrected chi connectivity index (χ4v) is 3.00. The van der Waals surface area contributed by atoms with E-state index in [1.807, 2.05) is 12.1 Å². The van der Waals surface area contributed by atoms with E-state index in [-0.39, 0.29) is 0 Å². The van der Waals surface area contributed by atoms with Gasteiger partial charge in [0, 0.05) is 6.54 Å². The van der Waals surface area contributed by atoms with E-state index >= 15 is 0 Å². The Hall–Kier alpha value is -1.02. The van der Waals surface area contributed by atoms with Crippen molar-refractivity contribution >= 4 is 0 Å². The molecule has 0 aliphatic carbocycles. The lowest BCUT2D eigenvalue weighted by Gasteiger charge is -2.41. The second-order valence-electron chi connectivity index (χ2n) is 5.65. The smallest absolute Gasteiger partial charge is 0.115 e. The molecule has 1 fully saturated rings. The van der Waals surface area contributed by atoms with Gasteiger partial charge >= 0.3 is 0 Å². The summed E-state index contributed by atoms with van der Waals surface area (Å²) in [5.41, 5.74) is 1.90. The van der Waals surface area contributed by atoms with Gasteiger partial charge in [0.1, 0.15) is 5.75 Å². The minimum absolute atomic E-state index is 0.355. The van der Waals surface area contributed by atoms with Crippen molar-refractivity contribution in [2.75, 3.05) is 13.1 Å². The van der Waals surface area contributed by atoms with E-state index in [1.165, 1.54) is 44.3 Å². The third kappa shape index (κ3) is 3.05. The van der Waals surface area contributed by atoms with Crippen LogP contribution in [-0.2, 0) is 6.54 Å². The van der Waals surface area contributed by atoms with Gasteiger partial charge in [-0.25, -0.2) is 0 Å². The maximum atomic E-state index is 9.28. The topological polar surface area (TPSA) is 23.5 Å². The first-order valence-corrected chi connectivity index (χ1v) is 7.18. The quantitative estimate of drug-likeness (QED) is 0.875. The zero-order valence-corrected chi connectivity index (χ0v) is 11.7. The number of hydrogen-bond donors (Lipinski definition) is 1. The minimum Gasteiger partial charge on any atom is -0.508 e. The van der Waals surface area contributed by atoms with Crippen LogP contribution >= 0.6 is 0 Å². The van der Waals surface area contributed by atoms with E-state index in [0.717, 1.165) is 6.54 Å². The third-order valence-corrected chi connectivity index (χ3v) is 4.76. The van der Waals surface area contributed by atoms with Gasteiger partial charge in [0.15, 0.2) is 0 Å². The van der Waals surface area contributed by atoms with Gasteiger partial charge < -0.3 is 5.11 Å². The van der Waals surface area contributed by atoms with E-state index in [2.05, 4.69) is 18.7 Å². The summed E-state index contributed by atoms with van der Waals surface area (Å²) in [4.78, 5) is 2.54. The maximum Gasteiger partial charge on any atom is 0.115 e. The number of phenolic OH excluding ortho intramolecular Hbond substituents is 1. The molecule has 2 rings (SSSR count). The number of aromatic hydroxyl groups is 1. The Morgan fingerprint density at radius 1 is 1.06 bits per heavy atom. The molecule has 1 aromatic carbocycles. The van der Waals surface area contributed by atoms with E-state index in [9.17, 15) is 5.11 Å². The Bertz CT molecular complexity index is 357. The van der Waals surface area contributed by atoms with Crippen molar-refractivity contribution in [3.05, 3.63) is 29.8 Å². The predicted molar refractivity (Wildman–Crippen MR) is 75.6 cm³/mol. The van der Waals surface area contributed by atoms with Crippen molar-refractivity contribution in [3.8, 4) is 5.75 Å². The molecule has 1 aromatic rings. The molecule has 1 saturated heterocycles. The summed E-state index contributed by atoms with van der Waals surface area (Å²) >= 11 is 0. The summed E-state index contributed by atoms with van der Waals surface area (Å²) < 4.78 is 0. The van der Waals surface area contributed by atoms with Crippen LogP contribution in [0.5, 0.6) is 5.75 Å². The lowest BCUT2D eigenvalue weighted by atomic mass is 9.74. The highest BCUT2D eigenvalue weighted by molar-refractivity contribution is 5.25. The molecule has 18 heavy (non-hydrogen) atoms. The van der Waals surface area contributed by atoms with Crippen molar-refractivity contribution in [1.29, 1.82) is 0 Å². The largest absolute Gasteiger partial charge is 0.508 e. The number of nitrogens with zero attached hydrogens (tertiary/aromatic N) is 1. The molecule has 2 nitrogen and oxygen atoms in total. The monoisotopic (exact) mass is 247 g/mol. The van der Waals surface area contributed by atoms with Crippen LogP contribution < -0.4 is 0 Å². The number of hydrogen-bond acceptors (Lipinski definition) is 2. The summed E-state index contributed by atoms with van der Waals surface area (Å²) in [7, 11) is 0. The van der Waals surface area contributed by atoms with Crippen LogP contribution in [0.3, 0.4) is 0 Å². The average molecular weight is 247 g/mol. The summed E-state index contributed by atoms with van der Waals surface area (Å²) in [5, 5.41) is 9.28. The summed E-state index contributed by atoms with van der Waals surface area (Å²) in [6.45, 7) is 8.10. The number of piperidine rings is 1. The molecule has 1 aliphatic heterocycles. The number of rotatable bonds is 4. The first kappa shape index (κ1) is 13.4. The Morgan fingerprint density at radius 3 is 2.11 bits per heavy atom. The molecule has 1 N–H and O–H groups in total. The van der Waals surface area contributed by atoms with Crippen LogP contribution in [0, 0.1) is 5.41 Å². The van der Waals surface area contributed by atoms with Crippen molar-refractivity contribution in [1.82, 2.24) is 4.90 Å². The van der Waals surface area contributed by atoms with E-state index in [1.54, 1.807) is 12.1 Å².